The van der Waals surface area contributed by atoms with Gasteiger partial charge in [-0.25, -0.2) is 13.8 Å². The second-order valence-electron chi connectivity index (χ2n) is 11.2. The zero-order valence-electron chi connectivity index (χ0n) is 24.6. The van der Waals surface area contributed by atoms with Gasteiger partial charge < -0.3 is 24.4 Å². The zero-order valence-corrected chi connectivity index (χ0v) is 24.6. The number of imidazole rings is 1. The van der Waals surface area contributed by atoms with Crippen LogP contribution in [0.2, 0.25) is 0 Å². The standard InChI is InChI=1S/C32H36F2N6O4/c1-42-24-12-8-21(9-13-24)19-35-31(41)23-10-6-22(7-11-23)20-44-28-18-27(37-32(38-28)39-14-16-43-17-15-39)40-26-5-3-2-4-25(26)36-30(40)29(33)34/h2-5,8-9,12-13,18,22-23,29H,6-7,10-11,14-17,19-20H2,1H3,(H,35,41). The molecule has 1 amide bonds. The van der Waals surface area contributed by atoms with Crippen molar-refractivity contribution in [2.24, 2.45) is 11.8 Å². The van der Waals surface area contributed by atoms with E-state index in [-0.39, 0.29) is 29.4 Å². The maximum atomic E-state index is 14.1. The number of nitrogens with one attached hydrogen (secondary N) is 1. The smallest absolute Gasteiger partial charge is 0.296 e. The fourth-order valence-electron chi connectivity index (χ4n) is 5.80. The van der Waals surface area contributed by atoms with Crippen LogP contribution in [0.15, 0.2) is 54.6 Å². The molecule has 0 spiro atoms. The molecule has 1 saturated carbocycles. The lowest BCUT2D eigenvalue weighted by atomic mass is 9.82. The number of anilines is 1. The van der Waals surface area contributed by atoms with Crippen molar-refractivity contribution in [2.75, 3.05) is 44.9 Å². The van der Waals surface area contributed by atoms with Gasteiger partial charge in [0.25, 0.3) is 6.43 Å². The third kappa shape index (κ3) is 6.75. The number of para-hydroxylation sites is 2. The van der Waals surface area contributed by atoms with Crippen molar-refractivity contribution >= 4 is 22.9 Å². The zero-order chi connectivity index (χ0) is 30.5. The molecule has 10 nitrogen and oxygen atoms in total. The summed E-state index contributed by atoms with van der Waals surface area (Å²) in [5, 5.41) is 3.06. The minimum Gasteiger partial charge on any atom is -0.497 e. The normalized spacial score (nSPS) is 18.9. The Morgan fingerprint density at radius 3 is 2.50 bits per heavy atom. The first-order valence-electron chi connectivity index (χ1n) is 15.0. The average Bonchev–Trinajstić information content (AvgIpc) is 3.47. The van der Waals surface area contributed by atoms with Crippen molar-refractivity contribution < 1.29 is 27.8 Å². The van der Waals surface area contributed by atoms with Gasteiger partial charge in [-0.05, 0) is 61.4 Å². The van der Waals surface area contributed by atoms with E-state index >= 15 is 0 Å². The summed E-state index contributed by atoms with van der Waals surface area (Å²) in [4.78, 5) is 28.3. The molecule has 1 aliphatic carbocycles. The Kier molecular flexibility index (Phi) is 9.15. The van der Waals surface area contributed by atoms with Crippen LogP contribution in [0.1, 0.15) is 43.5 Å². The lowest BCUT2D eigenvalue weighted by Crippen LogP contribution is -2.37. The highest BCUT2D eigenvalue weighted by Crippen LogP contribution is 2.32. The second-order valence-corrected chi connectivity index (χ2v) is 11.2. The summed E-state index contributed by atoms with van der Waals surface area (Å²) in [5.41, 5.74) is 2.01. The van der Waals surface area contributed by atoms with Gasteiger partial charge in [0.2, 0.25) is 17.7 Å². The van der Waals surface area contributed by atoms with Crippen LogP contribution in [0.4, 0.5) is 14.7 Å². The maximum absolute atomic E-state index is 14.1. The van der Waals surface area contributed by atoms with Crippen molar-refractivity contribution in [3.8, 4) is 17.4 Å². The number of methoxy groups -OCH3 is 1. The van der Waals surface area contributed by atoms with Crippen LogP contribution in [0.3, 0.4) is 0 Å². The number of alkyl halides is 2. The van der Waals surface area contributed by atoms with Crippen molar-refractivity contribution in [1.29, 1.82) is 0 Å². The molecule has 2 aliphatic rings. The van der Waals surface area contributed by atoms with Crippen LogP contribution in [0.5, 0.6) is 11.6 Å². The predicted molar refractivity (Wildman–Crippen MR) is 160 cm³/mol. The van der Waals surface area contributed by atoms with Crippen molar-refractivity contribution in [2.45, 2.75) is 38.7 Å². The monoisotopic (exact) mass is 606 g/mol. The third-order valence-corrected chi connectivity index (χ3v) is 8.29. The van der Waals surface area contributed by atoms with Crippen LogP contribution >= 0.6 is 0 Å². The molecule has 4 aromatic rings. The highest BCUT2D eigenvalue weighted by atomic mass is 19.3. The molecule has 44 heavy (non-hydrogen) atoms. The second kappa shape index (κ2) is 13.5. The van der Waals surface area contributed by atoms with Crippen LogP contribution in [-0.4, -0.2) is 65.4 Å². The summed E-state index contributed by atoms with van der Waals surface area (Å²) < 4.78 is 46.5. The molecule has 232 valence electrons. The van der Waals surface area contributed by atoms with Crippen LogP contribution in [0.25, 0.3) is 16.9 Å². The fraction of sp³-hybridized carbons (Fsp3) is 0.438. The van der Waals surface area contributed by atoms with Crippen LogP contribution in [0, 0.1) is 11.8 Å². The van der Waals surface area contributed by atoms with E-state index in [1.165, 1.54) is 4.57 Å². The van der Waals surface area contributed by atoms with Gasteiger partial charge in [-0.2, -0.15) is 9.97 Å². The quantitative estimate of drug-likeness (QED) is 0.266. The number of amides is 1. The summed E-state index contributed by atoms with van der Waals surface area (Å²) in [6, 6.07) is 16.3. The SMILES string of the molecule is COc1ccc(CNC(=O)C2CCC(COc3cc(-n4c(C(F)F)nc5ccccc54)nc(N4CCOCC4)n3)CC2)cc1. The van der Waals surface area contributed by atoms with Gasteiger partial charge >= 0.3 is 0 Å². The van der Waals surface area contributed by atoms with Gasteiger partial charge in [0.05, 0.1) is 38.0 Å². The summed E-state index contributed by atoms with van der Waals surface area (Å²) in [5.74, 6) is 1.67. The fourth-order valence-corrected chi connectivity index (χ4v) is 5.80. The van der Waals surface area contributed by atoms with Gasteiger partial charge in [-0.15, -0.1) is 0 Å². The Morgan fingerprint density at radius 2 is 1.77 bits per heavy atom. The summed E-state index contributed by atoms with van der Waals surface area (Å²) >= 11 is 0. The van der Waals surface area contributed by atoms with E-state index in [0.717, 1.165) is 37.0 Å². The summed E-state index contributed by atoms with van der Waals surface area (Å²) in [6.45, 7) is 3.10. The molecule has 1 N–H and O–H groups in total. The number of hydrogen-bond donors (Lipinski definition) is 1. The average molecular weight is 607 g/mol. The highest BCUT2D eigenvalue weighted by molar-refractivity contribution is 5.79. The van der Waals surface area contributed by atoms with E-state index in [9.17, 15) is 13.6 Å². The topological polar surface area (TPSA) is 104 Å². The number of carbonyl (C=O) groups is 1. The third-order valence-electron chi connectivity index (χ3n) is 8.29. The van der Waals surface area contributed by atoms with Gasteiger partial charge in [-0.3, -0.25) is 9.36 Å². The van der Waals surface area contributed by atoms with Gasteiger partial charge in [0.15, 0.2) is 5.82 Å². The Morgan fingerprint density at radius 1 is 1.02 bits per heavy atom. The summed E-state index contributed by atoms with van der Waals surface area (Å²) in [6.07, 6.45) is 0.440. The van der Waals surface area contributed by atoms with Crippen molar-refractivity contribution in [3.63, 3.8) is 0 Å². The largest absolute Gasteiger partial charge is 0.497 e. The first kappa shape index (κ1) is 29.7. The number of hydrogen-bond acceptors (Lipinski definition) is 8. The van der Waals surface area contributed by atoms with Gasteiger partial charge in [0, 0.05) is 31.6 Å². The lowest BCUT2D eigenvalue weighted by Gasteiger charge is -2.29. The number of ether oxygens (including phenoxy) is 3. The molecule has 2 aromatic heterocycles. The van der Waals surface area contributed by atoms with E-state index in [1.807, 2.05) is 29.2 Å². The van der Waals surface area contributed by atoms with Gasteiger partial charge in [0.1, 0.15) is 11.6 Å². The number of nitrogens with zero attached hydrogens (tertiary/aromatic N) is 5. The highest BCUT2D eigenvalue weighted by Gasteiger charge is 2.28. The summed E-state index contributed by atoms with van der Waals surface area (Å²) in [7, 11) is 1.63. The Hall–Kier alpha value is -4.32. The molecule has 0 atom stereocenters. The van der Waals surface area contributed by atoms with E-state index in [2.05, 4.69) is 20.3 Å². The number of benzene rings is 2. The minimum absolute atomic E-state index is 0.0367. The number of carbonyl (C=O) groups excluding carboxylic acids is 1. The number of morpholine rings is 1. The molecule has 6 rings (SSSR count). The van der Waals surface area contributed by atoms with Crippen molar-refractivity contribution in [3.05, 3.63) is 66.0 Å². The molecule has 0 bridgehead atoms. The number of aromatic nitrogens is 4. The molecular weight excluding hydrogens is 570 g/mol. The molecule has 1 saturated heterocycles. The van der Waals surface area contributed by atoms with Crippen molar-refractivity contribution in [1.82, 2.24) is 24.8 Å². The first-order valence-corrected chi connectivity index (χ1v) is 15.0. The lowest BCUT2D eigenvalue weighted by molar-refractivity contribution is -0.126. The molecule has 1 aliphatic heterocycles. The maximum Gasteiger partial charge on any atom is 0.296 e. The Bertz CT molecular complexity index is 1570. The molecule has 3 heterocycles. The van der Waals surface area contributed by atoms with Gasteiger partial charge in [-0.1, -0.05) is 24.3 Å². The Labute approximate surface area is 254 Å². The van der Waals surface area contributed by atoms with Crippen LogP contribution < -0.4 is 19.7 Å². The molecule has 2 aromatic carbocycles. The van der Waals surface area contributed by atoms with Crippen LogP contribution in [-0.2, 0) is 16.1 Å². The predicted octanol–water partition coefficient (Wildman–Crippen LogP) is 5.10. The Balaban J connectivity index is 1.13. The number of halogens is 2. The number of rotatable bonds is 10. The molecule has 2 fully saturated rings. The first-order chi connectivity index (χ1) is 21.5. The van der Waals surface area contributed by atoms with E-state index < -0.39 is 6.43 Å². The molecule has 0 unspecified atom stereocenters. The van der Waals surface area contributed by atoms with E-state index in [0.29, 0.717) is 62.3 Å². The molecule has 12 heteroatoms. The van der Waals surface area contributed by atoms with E-state index in [1.54, 1.807) is 37.4 Å². The minimum atomic E-state index is -2.79. The number of fused-ring (bicyclic) bond motifs is 1. The molecule has 0 radical (unpaired) electrons. The molecular formula is C32H36F2N6O4. The van der Waals surface area contributed by atoms with E-state index in [4.69, 9.17) is 14.2 Å².